The number of rotatable bonds is 3. The topological polar surface area (TPSA) is 55.3 Å². The van der Waals surface area contributed by atoms with Crippen molar-refractivity contribution < 1.29 is 9.53 Å². The Labute approximate surface area is 153 Å². The van der Waals surface area contributed by atoms with Crippen LogP contribution >= 0.6 is 15.9 Å². The molecule has 1 atom stereocenters. The highest BCUT2D eigenvalue weighted by molar-refractivity contribution is 9.10. The third kappa shape index (κ3) is 3.22. The van der Waals surface area contributed by atoms with Crippen LogP contribution in [0.2, 0.25) is 0 Å². The second-order valence-electron chi connectivity index (χ2n) is 5.95. The zero-order valence-corrected chi connectivity index (χ0v) is 15.0. The Morgan fingerprint density at radius 3 is 2.88 bits per heavy atom. The fourth-order valence-electron chi connectivity index (χ4n) is 3.06. The van der Waals surface area contributed by atoms with Gasteiger partial charge in [-0.3, -0.25) is 9.78 Å². The highest BCUT2D eigenvalue weighted by Crippen LogP contribution is 2.25. The van der Waals surface area contributed by atoms with Gasteiger partial charge in [0.1, 0.15) is 11.8 Å². The van der Waals surface area contributed by atoms with Gasteiger partial charge in [-0.1, -0.05) is 24.3 Å². The third-order valence-electron chi connectivity index (χ3n) is 4.31. The smallest absolute Gasteiger partial charge is 0.273 e. The van der Waals surface area contributed by atoms with Crippen molar-refractivity contribution in [1.82, 2.24) is 14.9 Å². The van der Waals surface area contributed by atoms with E-state index in [1.807, 2.05) is 42.5 Å². The third-order valence-corrected chi connectivity index (χ3v) is 4.91. The largest absolute Gasteiger partial charge is 0.472 e. The van der Waals surface area contributed by atoms with Crippen molar-refractivity contribution in [3.05, 3.63) is 65.0 Å². The monoisotopic (exact) mass is 397 g/mol. The number of aromatic nitrogens is 2. The van der Waals surface area contributed by atoms with E-state index >= 15 is 0 Å². The Bertz CT molecular complexity index is 926. The lowest BCUT2D eigenvalue weighted by Crippen LogP contribution is -2.31. The van der Waals surface area contributed by atoms with Gasteiger partial charge >= 0.3 is 0 Å². The molecule has 3 heterocycles. The van der Waals surface area contributed by atoms with Gasteiger partial charge < -0.3 is 9.64 Å². The molecule has 4 rings (SSSR count). The van der Waals surface area contributed by atoms with Crippen molar-refractivity contribution in [3.8, 4) is 5.88 Å². The van der Waals surface area contributed by atoms with E-state index in [1.165, 1.54) is 0 Å². The Kier molecular flexibility index (Phi) is 4.36. The first-order chi connectivity index (χ1) is 12.2. The van der Waals surface area contributed by atoms with E-state index in [9.17, 15) is 4.79 Å². The molecule has 1 amide bonds. The summed E-state index contributed by atoms with van der Waals surface area (Å²) >= 11 is 3.43. The summed E-state index contributed by atoms with van der Waals surface area (Å²) in [4.78, 5) is 23.3. The number of amides is 1. The standard InChI is InChI=1S/C19H16BrN3O2/c20-16-6-3-9-22-18(16)25-14-8-11-23(12-14)19(24)17-15-5-2-1-4-13(15)7-10-21-17/h1-7,9-10,14H,8,11-12H2/t14-/m0/s1. The fraction of sp³-hybridized carbons (Fsp3) is 0.211. The molecule has 1 aliphatic heterocycles. The summed E-state index contributed by atoms with van der Waals surface area (Å²) in [6.07, 6.45) is 4.09. The van der Waals surface area contributed by atoms with Gasteiger partial charge in [-0.25, -0.2) is 4.98 Å². The molecule has 0 bridgehead atoms. The molecule has 5 nitrogen and oxygen atoms in total. The zero-order valence-electron chi connectivity index (χ0n) is 13.4. The Hall–Kier alpha value is -2.47. The fourth-order valence-corrected chi connectivity index (χ4v) is 3.41. The molecule has 1 aromatic carbocycles. The summed E-state index contributed by atoms with van der Waals surface area (Å²) in [5.41, 5.74) is 0.498. The summed E-state index contributed by atoms with van der Waals surface area (Å²) in [6, 6.07) is 13.5. The highest BCUT2D eigenvalue weighted by Gasteiger charge is 2.30. The lowest BCUT2D eigenvalue weighted by Gasteiger charge is -2.17. The predicted molar refractivity (Wildman–Crippen MR) is 98.6 cm³/mol. The van der Waals surface area contributed by atoms with Crippen molar-refractivity contribution in [2.45, 2.75) is 12.5 Å². The van der Waals surface area contributed by atoms with Crippen LogP contribution in [-0.4, -0.2) is 40.0 Å². The summed E-state index contributed by atoms with van der Waals surface area (Å²) in [6.45, 7) is 1.19. The quantitative estimate of drug-likeness (QED) is 0.676. The molecule has 0 N–H and O–H groups in total. The molecule has 0 unspecified atom stereocenters. The van der Waals surface area contributed by atoms with Gasteiger partial charge in [0, 0.05) is 30.7 Å². The molecule has 1 saturated heterocycles. The number of hydrogen-bond donors (Lipinski definition) is 0. The lowest BCUT2D eigenvalue weighted by atomic mass is 10.1. The summed E-state index contributed by atoms with van der Waals surface area (Å²) in [7, 11) is 0. The van der Waals surface area contributed by atoms with Crippen LogP contribution in [0.25, 0.3) is 10.8 Å². The van der Waals surface area contributed by atoms with Gasteiger partial charge in [-0.15, -0.1) is 0 Å². The Balaban J connectivity index is 1.51. The SMILES string of the molecule is O=C(c1nccc2ccccc12)N1CC[C@H](Oc2ncccc2Br)C1. The molecular weight excluding hydrogens is 382 g/mol. The maximum Gasteiger partial charge on any atom is 0.273 e. The van der Waals surface area contributed by atoms with E-state index in [1.54, 1.807) is 17.3 Å². The number of carbonyl (C=O) groups is 1. The molecule has 0 radical (unpaired) electrons. The highest BCUT2D eigenvalue weighted by atomic mass is 79.9. The van der Waals surface area contributed by atoms with Gasteiger partial charge in [-0.05, 0) is 39.5 Å². The van der Waals surface area contributed by atoms with E-state index in [-0.39, 0.29) is 12.0 Å². The first-order valence-electron chi connectivity index (χ1n) is 8.12. The minimum absolute atomic E-state index is 0.0528. The Morgan fingerprint density at radius 2 is 2.00 bits per heavy atom. The molecule has 3 aromatic rings. The van der Waals surface area contributed by atoms with Crippen molar-refractivity contribution >= 4 is 32.6 Å². The second kappa shape index (κ2) is 6.80. The van der Waals surface area contributed by atoms with E-state index in [2.05, 4.69) is 25.9 Å². The lowest BCUT2D eigenvalue weighted by molar-refractivity contribution is 0.0767. The number of nitrogens with zero attached hydrogens (tertiary/aromatic N) is 3. The molecule has 1 aliphatic rings. The summed E-state index contributed by atoms with van der Waals surface area (Å²) in [5.74, 6) is 0.507. The molecule has 6 heteroatoms. The molecule has 0 aliphatic carbocycles. The minimum atomic E-state index is -0.0647. The van der Waals surface area contributed by atoms with Gasteiger partial charge in [0.05, 0.1) is 11.0 Å². The second-order valence-corrected chi connectivity index (χ2v) is 6.81. The predicted octanol–water partition coefficient (Wildman–Crippen LogP) is 3.69. The number of benzene rings is 1. The molecule has 1 fully saturated rings. The molecule has 2 aromatic heterocycles. The van der Waals surface area contributed by atoms with Gasteiger partial charge in [0.2, 0.25) is 5.88 Å². The van der Waals surface area contributed by atoms with Crippen molar-refractivity contribution in [1.29, 1.82) is 0 Å². The maximum atomic E-state index is 12.9. The van der Waals surface area contributed by atoms with Gasteiger partial charge in [0.15, 0.2) is 0 Å². The molecule has 25 heavy (non-hydrogen) atoms. The van der Waals surface area contributed by atoms with Crippen LogP contribution in [0.15, 0.2) is 59.3 Å². The van der Waals surface area contributed by atoms with Crippen LogP contribution < -0.4 is 4.74 Å². The maximum absolute atomic E-state index is 12.9. The van der Waals surface area contributed by atoms with Crippen LogP contribution in [0.3, 0.4) is 0 Å². The number of fused-ring (bicyclic) bond motifs is 1. The summed E-state index contributed by atoms with van der Waals surface area (Å²) < 4.78 is 6.75. The minimum Gasteiger partial charge on any atom is -0.472 e. The van der Waals surface area contributed by atoms with E-state index in [4.69, 9.17) is 4.74 Å². The van der Waals surface area contributed by atoms with Crippen LogP contribution in [-0.2, 0) is 0 Å². The first-order valence-corrected chi connectivity index (χ1v) is 8.92. The molecule has 126 valence electrons. The Morgan fingerprint density at radius 1 is 1.12 bits per heavy atom. The number of halogens is 1. The van der Waals surface area contributed by atoms with Crippen LogP contribution in [0.4, 0.5) is 0 Å². The normalized spacial score (nSPS) is 17.0. The number of ether oxygens (including phenoxy) is 1. The summed E-state index contributed by atoms with van der Waals surface area (Å²) in [5, 5.41) is 1.90. The molecule has 0 spiro atoms. The van der Waals surface area contributed by atoms with E-state index in [0.717, 1.165) is 21.7 Å². The van der Waals surface area contributed by atoms with E-state index in [0.29, 0.717) is 24.7 Å². The number of carbonyl (C=O) groups excluding carboxylic acids is 1. The number of likely N-dealkylation sites (tertiary alicyclic amines) is 1. The van der Waals surface area contributed by atoms with E-state index < -0.39 is 0 Å². The number of pyridine rings is 2. The van der Waals surface area contributed by atoms with Crippen molar-refractivity contribution in [2.75, 3.05) is 13.1 Å². The van der Waals surface area contributed by atoms with Crippen molar-refractivity contribution in [3.63, 3.8) is 0 Å². The van der Waals surface area contributed by atoms with Gasteiger partial charge in [0.25, 0.3) is 5.91 Å². The van der Waals surface area contributed by atoms with Crippen LogP contribution in [0, 0.1) is 0 Å². The zero-order chi connectivity index (χ0) is 17.2. The van der Waals surface area contributed by atoms with Crippen LogP contribution in [0.1, 0.15) is 16.9 Å². The van der Waals surface area contributed by atoms with Crippen molar-refractivity contribution in [2.24, 2.45) is 0 Å². The first kappa shape index (κ1) is 16.0. The number of hydrogen-bond acceptors (Lipinski definition) is 4. The average molecular weight is 398 g/mol. The van der Waals surface area contributed by atoms with Crippen LogP contribution in [0.5, 0.6) is 5.88 Å². The molecule has 0 saturated carbocycles. The average Bonchev–Trinajstić information content (AvgIpc) is 3.11. The van der Waals surface area contributed by atoms with Gasteiger partial charge in [-0.2, -0.15) is 0 Å². The molecular formula is C19H16BrN3O2.